The molecule has 0 bridgehead atoms. The number of halogens is 3. The van der Waals surface area contributed by atoms with E-state index >= 15 is 0 Å². The van der Waals surface area contributed by atoms with Crippen LogP contribution in [0.25, 0.3) is 16.9 Å². The second-order valence-electron chi connectivity index (χ2n) is 5.85. The van der Waals surface area contributed by atoms with Gasteiger partial charge in [-0.05, 0) is 25.1 Å². The predicted molar refractivity (Wildman–Crippen MR) is 103 cm³/mol. The Morgan fingerprint density at radius 2 is 1.86 bits per heavy atom. The van der Waals surface area contributed by atoms with Crippen molar-refractivity contribution < 1.29 is 13.5 Å². The maximum absolute atomic E-state index is 12.8. The Bertz CT molecular complexity index is 1140. The van der Waals surface area contributed by atoms with Gasteiger partial charge < -0.3 is 10.1 Å². The van der Waals surface area contributed by atoms with E-state index < -0.39 is 6.61 Å². The number of nitrogens with zero attached hydrogens (tertiary/aromatic N) is 7. The van der Waals surface area contributed by atoms with Gasteiger partial charge in [0.05, 0.1) is 6.04 Å². The van der Waals surface area contributed by atoms with Gasteiger partial charge in [0, 0.05) is 22.3 Å². The number of hydrogen-bond acceptors (Lipinski definition) is 8. The molecular weight excluding hydrogens is 450 g/mol. The SMILES string of the molecule is CC(Nc1ncnc2c(OC(F)F)cc(Br)cc12)c1ncnn1-c1ncccn1. The van der Waals surface area contributed by atoms with E-state index in [9.17, 15) is 8.78 Å². The molecule has 1 aromatic carbocycles. The number of benzene rings is 1. The van der Waals surface area contributed by atoms with Crippen molar-refractivity contribution in [3.63, 3.8) is 0 Å². The molecule has 0 saturated heterocycles. The summed E-state index contributed by atoms with van der Waals surface area (Å²) < 4.78 is 32.2. The van der Waals surface area contributed by atoms with Gasteiger partial charge in [-0.2, -0.15) is 18.6 Å². The molecule has 12 heteroatoms. The average molecular weight is 463 g/mol. The van der Waals surface area contributed by atoms with Crippen LogP contribution in [0.3, 0.4) is 0 Å². The van der Waals surface area contributed by atoms with Crippen molar-refractivity contribution in [1.29, 1.82) is 0 Å². The van der Waals surface area contributed by atoms with E-state index in [-0.39, 0.29) is 17.3 Å². The summed E-state index contributed by atoms with van der Waals surface area (Å²) in [4.78, 5) is 21.0. The second kappa shape index (κ2) is 7.99. The normalized spacial score (nSPS) is 12.3. The minimum atomic E-state index is -2.97. The lowest BCUT2D eigenvalue weighted by Crippen LogP contribution is -2.16. The maximum atomic E-state index is 12.8. The summed E-state index contributed by atoms with van der Waals surface area (Å²) >= 11 is 3.30. The van der Waals surface area contributed by atoms with Gasteiger partial charge >= 0.3 is 6.61 Å². The van der Waals surface area contributed by atoms with Crippen LogP contribution in [0.15, 0.2) is 47.7 Å². The summed E-state index contributed by atoms with van der Waals surface area (Å²) in [6.45, 7) is -1.12. The molecule has 0 aliphatic rings. The molecule has 148 valence electrons. The Morgan fingerprint density at radius 1 is 1.07 bits per heavy atom. The Labute approximate surface area is 171 Å². The molecule has 0 spiro atoms. The van der Waals surface area contributed by atoms with E-state index in [1.807, 2.05) is 6.92 Å². The van der Waals surface area contributed by atoms with Crippen LogP contribution in [0.4, 0.5) is 14.6 Å². The zero-order valence-electron chi connectivity index (χ0n) is 14.9. The standard InChI is InChI=1S/C17H13BrF2N8O/c1-9(15-25-8-26-28(15)17-21-3-2-4-22-17)27-14-11-5-10(18)6-12(29-16(19)20)13(11)23-7-24-14/h2-9,16H,1H3,(H,23,24,27). The van der Waals surface area contributed by atoms with Crippen molar-refractivity contribution in [2.24, 2.45) is 0 Å². The van der Waals surface area contributed by atoms with Gasteiger partial charge in [0.25, 0.3) is 5.95 Å². The Kier molecular flexibility index (Phi) is 5.25. The molecule has 0 saturated carbocycles. The van der Waals surface area contributed by atoms with Crippen LogP contribution >= 0.6 is 15.9 Å². The van der Waals surface area contributed by atoms with Gasteiger partial charge in [0.2, 0.25) is 0 Å². The molecule has 0 amide bonds. The van der Waals surface area contributed by atoms with Gasteiger partial charge in [-0.15, -0.1) is 0 Å². The fourth-order valence-electron chi connectivity index (χ4n) is 2.77. The maximum Gasteiger partial charge on any atom is 0.387 e. The lowest BCUT2D eigenvalue weighted by molar-refractivity contribution is -0.0489. The monoisotopic (exact) mass is 462 g/mol. The highest BCUT2D eigenvalue weighted by molar-refractivity contribution is 9.10. The van der Waals surface area contributed by atoms with E-state index in [0.29, 0.717) is 27.4 Å². The molecule has 4 aromatic rings. The van der Waals surface area contributed by atoms with Crippen molar-refractivity contribution in [1.82, 2.24) is 34.7 Å². The summed E-state index contributed by atoms with van der Waals surface area (Å²) in [6.07, 6.45) is 5.87. The molecule has 4 rings (SSSR count). The number of rotatable bonds is 6. The molecule has 0 radical (unpaired) electrons. The summed E-state index contributed by atoms with van der Waals surface area (Å²) in [5, 5.41) is 7.89. The molecule has 0 aliphatic heterocycles. The summed E-state index contributed by atoms with van der Waals surface area (Å²) in [5.74, 6) is 1.29. The molecule has 9 nitrogen and oxygen atoms in total. The number of aromatic nitrogens is 7. The largest absolute Gasteiger partial charge is 0.432 e. The fourth-order valence-corrected chi connectivity index (χ4v) is 3.21. The van der Waals surface area contributed by atoms with Crippen LogP contribution in [0, 0.1) is 0 Å². The summed E-state index contributed by atoms with van der Waals surface area (Å²) in [5.41, 5.74) is 0.256. The third-order valence-electron chi connectivity index (χ3n) is 3.94. The highest BCUT2D eigenvalue weighted by atomic mass is 79.9. The van der Waals surface area contributed by atoms with Crippen LogP contribution in [0.5, 0.6) is 5.75 Å². The van der Waals surface area contributed by atoms with E-state index in [4.69, 9.17) is 0 Å². The van der Waals surface area contributed by atoms with Crippen LogP contribution in [0.1, 0.15) is 18.8 Å². The van der Waals surface area contributed by atoms with E-state index in [2.05, 4.69) is 56.0 Å². The molecule has 29 heavy (non-hydrogen) atoms. The lowest BCUT2D eigenvalue weighted by Gasteiger charge is -2.16. The van der Waals surface area contributed by atoms with Crippen LogP contribution in [0.2, 0.25) is 0 Å². The van der Waals surface area contributed by atoms with E-state index in [1.165, 1.54) is 23.4 Å². The topological polar surface area (TPSA) is 104 Å². The number of anilines is 1. The molecule has 1 N–H and O–H groups in total. The summed E-state index contributed by atoms with van der Waals surface area (Å²) in [6, 6.07) is 4.48. The quantitative estimate of drug-likeness (QED) is 0.463. The van der Waals surface area contributed by atoms with Crippen molar-refractivity contribution in [3.8, 4) is 11.7 Å². The Hall–Kier alpha value is -3.28. The van der Waals surface area contributed by atoms with Crippen molar-refractivity contribution in [2.45, 2.75) is 19.6 Å². The first kappa shape index (κ1) is 19.1. The number of hydrogen-bond donors (Lipinski definition) is 1. The van der Waals surface area contributed by atoms with Crippen LogP contribution in [-0.4, -0.2) is 41.3 Å². The smallest absolute Gasteiger partial charge is 0.387 e. The van der Waals surface area contributed by atoms with Crippen molar-refractivity contribution in [3.05, 3.63) is 53.5 Å². The Balaban J connectivity index is 1.70. The first-order chi connectivity index (χ1) is 14.0. The third kappa shape index (κ3) is 3.97. The van der Waals surface area contributed by atoms with E-state index in [0.717, 1.165) is 0 Å². The average Bonchev–Trinajstić information content (AvgIpc) is 3.19. The molecule has 1 atom stereocenters. The van der Waals surface area contributed by atoms with Crippen LogP contribution in [-0.2, 0) is 0 Å². The molecule has 0 aliphatic carbocycles. The molecule has 1 unspecified atom stereocenters. The molecule has 3 aromatic heterocycles. The lowest BCUT2D eigenvalue weighted by atomic mass is 10.2. The van der Waals surface area contributed by atoms with Crippen LogP contribution < -0.4 is 10.1 Å². The molecule has 0 fully saturated rings. The number of ether oxygens (including phenoxy) is 1. The van der Waals surface area contributed by atoms with Gasteiger partial charge in [-0.1, -0.05) is 15.9 Å². The number of nitrogens with one attached hydrogen (secondary N) is 1. The highest BCUT2D eigenvalue weighted by Crippen LogP contribution is 2.33. The van der Waals surface area contributed by atoms with Gasteiger partial charge in [0.1, 0.15) is 24.0 Å². The fraction of sp³-hybridized carbons (Fsp3) is 0.176. The zero-order chi connectivity index (χ0) is 20.4. The minimum Gasteiger partial charge on any atom is -0.432 e. The molecular formula is C17H13BrF2N8O. The molecule has 3 heterocycles. The van der Waals surface area contributed by atoms with Crippen molar-refractivity contribution in [2.75, 3.05) is 5.32 Å². The van der Waals surface area contributed by atoms with Gasteiger partial charge in [-0.25, -0.2) is 24.9 Å². The number of alkyl halides is 2. The Morgan fingerprint density at radius 3 is 2.62 bits per heavy atom. The second-order valence-corrected chi connectivity index (χ2v) is 6.76. The first-order valence-corrected chi connectivity index (χ1v) is 9.15. The predicted octanol–water partition coefficient (Wildman–Crippen LogP) is 3.54. The highest BCUT2D eigenvalue weighted by Gasteiger charge is 2.19. The van der Waals surface area contributed by atoms with Crippen molar-refractivity contribution >= 4 is 32.7 Å². The first-order valence-electron chi connectivity index (χ1n) is 8.36. The third-order valence-corrected chi connectivity index (χ3v) is 4.40. The number of fused-ring (bicyclic) bond motifs is 1. The minimum absolute atomic E-state index is 0.0525. The zero-order valence-corrected chi connectivity index (χ0v) is 16.5. The van der Waals surface area contributed by atoms with Gasteiger partial charge in [-0.3, -0.25) is 0 Å². The van der Waals surface area contributed by atoms with E-state index in [1.54, 1.807) is 24.5 Å². The van der Waals surface area contributed by atoms with Gasteiger partial charge in [0.15, 0.2) is 11.6 Å². The summed E-state index contributed by atoms with van der Waals surface area (Å²) in [7, 11) is 0.